The summed E-state index contributed by atoms with van der Waals surface area (Å²) in [6.45, 7) is 1.74. The molecule has 1 heteroatoms. The van der Waals surface area contributed by atoms with Crippen LogP contribution in [0.1, 0.15) is 6.92 Å². The lowest BCUT2D eigenvalue weighted by Crippen LogP contribution is -2.13. The molecule has 1 rings (SSSR count). The third-order valence-corrected chi connectivity index (χ3v) is 0.978. The SMILES string of the molecule is CC1(O)C=CC=C1. The molecule has 0 aromatic heterocycles. The van der Waals surface area contributed by atoms with Crippen LogP contribution in [-0.4, -0.2) is 10.7 Å². The summed E-state index contributed by atoms with van der Waals surface area (Å²) >= 11 is 0. The molecule has 0 spiro atoms. The molecule has 38 valence electrons. The molecule has 0 unspecified atom stereocenters. The minimum Gasteiger partial charge on any atom is -0.382 e. The quantitative estimate of drug-likeness (QED) is 0.474. The molecule has 0 heterocycles. The molecule has 1 aliphatic carbocycles. The Labute approximate surface area is 43.0 Å². The minimum absolute atomic E-state index is 0.667. The largest absolute Gasteiger partial charge is 0.382 e. The highest BCUT2D eigenvalue weighted by molar-refractivity contribution is 5.24. The van der Waals surface area contributed by atoms with E-state index < -0.39 is 5.60 Å². The average Bonchev–Trinajstić information content (AvgIpc) is 1.84. The second kappa shape index (κ2) is 1.20. The fourth-order valence-corrected chi connectivity index (χ4v) is 0.556. The van der Waals surface area contributed by atoms with Crippen molar-refractivity contribution in [2.45, 2.75) is 12.5 Å². The highest BCUT2D eigenvalue weighted by atomic mass is 16.3. The van der Waals surface area contributed by atoms with E-state index in [1.807, 2.05) is 12.2 Å². The van der Waals surface area contributed by atoms with Crippen molar-refractivity contribution in [3.63, 3.8) is 0 Å². The molecule has 0 aromatic rings. The molecule has 0 saturated heterocycles. The first-order valence-corrected chi connectivity index (χ1v) is 2.30. The number of rotatable bonds is 0. The summed E-state index contributed by atoms with van der Waals surface area (Å²) in [5.74, 6) is 0. The van der Waals surface area contributed by atoms with Crippen LogP contribution in [0.25, 0.3) is 0 Å². The van der Waals surface area contributed by atoms with Crippen molar-refractivity contribution in [2.75, 3.05) is 0 Å². The lowest BCUT2D eigenvalue weighted by Gasteiger charge is -2.07. The van der Waals surface area contributed by atoms with Crippen LogP contribution in [0.15, 0.2) is 24.3 Å². The van der Waals surface area contributed by atoms with Crippen molar-refractivity contribution in [3.8, 4) is 0 Å². The van der Waals surface area contributed by atoms with E-state index in [9.17, 15) is 0 Å². The first-order valence-electron chi connectivity index (χ1n) is 2.30. The van der Waals surface area contributed by atoms with Gasteiger partial charge >= 0.3 is 0 Å². The zero-order valence-electron chi connectivity index (χ0n) is 4.26. The van der Waals surface area contributed by atoms with Crippen molar-refractivity contribution >= 4 is 0 Å². The van der Waals surface area contributed by atoms with Gasteiger partial charge in [0.25, 0.3) is 0 Å². The molecule has 1 aliphatic rings. The second-order valence-corrected chi connectivity index (χ2v) is 1.94. The van der Waals surface area contributed by atoms with Gasteiger partial charge in [-0.2, -0.15) is 0 Å². The van der Waals surface area contributed by atoms with Crippen LogP contribution in [0.2, 0.25) is 0 Å². The standard InChI is InChI=1S/C6H8O/c1-6(7)4-2-3-5-6/h2-5,7H,1H3. The Kier molecular flexibility index (Phi) is 0.790. The van der Waals surface area contributed by atoms with Crippen LogP contribution in [0.4, 0.5) is 0 Å². The first kappa shape index (κ1) is 4.60. The Hall–Kier alpha value is -0.560. The van der Waals surface area contributed by atoms with Gasteiger partial charge in [-0.05, 0) is 19.1 Å². The Morgan fingerprint density at radius 2 is 1.71 bits per heavy atom. The maximum absolute atomic E-state index is 9.02. The van der Waals surface area contributed by atoms with Gasteiger partial charge in [0.2, 0.25) is 0 Å². The van der Waals surface area contributed by atoms with E-state index in [0.717, 1.165) is 0 Å². The van der Waals surface area contributed by atoms with Crippen LogP contribution in [0.5, 0.6) is 0 Å². The lowest BCUT2D eigenvalue weighted by molar-refractivity contribution is 0.166. The molecule has 0 fully saturated rings. The summed E-state index contributed by atoms with van der Waals surface area (Å²) in [6.07, 6.45) is 7.15. The number of aliphatic hydroxyl groups is 1. The van der Waals surface area contributed by atoms with Gasteiger partial charge in [-0.1, -0.05) is 12.2 Å². The van der Waals surface area contributed by atoms with Gasteiger partial charge in [-0.3, -0.25) is 0 Å². The molecule has 1 nitrogen and oxygen atoms in total. The van der Waals surface area contributed by atoms with E-state index in [1.165, 1.54) is 0 Å². The van der Waals surface area contributed by atoms with Crippen molar-refractivity contribution < 1.29 is 5.11 Å². The Morgan fingerprint density at radius 3 is 1.86 bits per heavy atom. The summed E-state index contributed by atoms with van der Waals surface area (Å²) < 4.78 is 0. The third-order valence-electron chi connectivity index (χ3n) is 0.978. The second-order valence-electron chi connectivity index (χ2n) is 1.94. The lowest BCUT2D eigenvalue weighted by atomic mass is 10.1. The summed E-state index contributed by atoms with van der Waals surface area (Å²) in [6, 6.07) is 0. The van der Waals surface area contributed by atoms with E-state index in [0.29, 0.717) is 0 Å². The topological polar surface area (TPSA) is 20.2 Å². The van der Waals surface area contributed by atoms with Crippen LogP contribution in [-0.2, 0) is 0 Å². The summed E-state index contributed by atoms with van der Waals surface area (Å²) in [7, 11) is 0. The monoisotopic (exact) mass is 96.1 g/mol. The average molecular weight is 96.1 g/mol. The number of hydrogen-bond donors (Lipinski definition) is 1. The summed E-state index contributed by atoms with van der Waals surface area (Å²) in [5, 5.41) is 9.02. The van der Waals surface area contributed by atoms with E-state index in [-0.39, 0.29) is 0 Å². The van der Waals surface area contributed by atoms with Crippen molar-refractivity contribution in [1.29, 1.82) is 0 Å². The van der Waals surface area contributed by atoms with E-state index in [4.69, 9.17) is 5.11 Å². The molecule has 0 atom stereocenters. The first-order chi connectivity index (χ1) is 3.21. The van der Waals surface area contributed by atoms with Crippen molar-refractivity contribution in [3.05, 3.63) is 24.3 Å². The molecule has 0 aliphatic heterocycles. The Morgan fingerprint density at radius 1 is 1.29 bits per heavy atom. The predicted molar refractivity (Wildman–Crippen MR) is 28.9 cm³/mol. The van der Waals surface area contributed by atoms with Crippen LogP contribution in [0.3, 0.4) is 0 Å². The Bertz CT molecular complexity index is 106. The highest BCUT2D eigenvalue weighted by Crippen LogP contribution is 2.12. The van der Waals surface area contributed by atoms with Gasteiger partial charge in [0, 0.05) is 0 Å². The van der Waals surface area contributed by atoms with Crippen LogP contribution >= 0.6 is 0 Å². The highest BCUT2D eigenvalue weighted by Gasteiger charge is 2.12. The third kappa shape index (κ3) is 0.904. The van der Waals surface area contributed by atoms with Gasteiger partial charge in [-0.25, -0.2) is 0 Å². The van der Waals surface area contributed by atoms with Gasteiger partial charge in [-0.15, -0.1) is 0 Å². The fourth-order valence-electron chi connectivity index (χ4n) is 0.556. The summed E-state index contributed by atoms with van der Waals surface area (Å²) in [4.78, 5) is 0. The molecular formula is C6H8O. The Balaban J connectivity index is 2.77. The van der Waals surface area contributed by atoms with Gasteiger partial charge in [0.15, 0.2) is 0 Å². The van der Waals surface area contributed by atoms with E-state index in [1.54, 1.807) is 19.1 Å². The molecule has 0 saturated carbocycles. The normalized spacial score (nSPS) is 23.7. The molecule has 0 aromatic carbocycles. The molecule has 7 heavy (non-hydrogen) atoms. The zero-order chi connectivity index (χ0) is 5.33. The smallest absolute Gasteiger partial charge is 0.0986 e. The molecule has 1 N–H and O–H groups in total. The zero-order valence-corrected chi connectivity index (χ0v) is 4.26. The number of hydrogen-bond acceptors (Lipinski definition) is 1. The van der Waals surface area contributed by atoms with Crippen molar-refractivity contribution in [2.24, 2.45) is 0 Å². The molecule has 0 bridgehead atoms. The number of allylic oxidation sites excluding steroid dienone is 2. The van der Waals surface area contributed by atoms with Gasteiger partial charge in [0.05, 0.1) is 5.60 Å². The molecule has 0 radical (unpaired) electrons. The minimum atomic E-state index is -0.667. The molecular weight excluding hydrogens is 88.1 g/mol. The summed E-state index contributed by atoms with van der Waals surface area (Å²) in [5.41, 5.74) is -0.667. The van der Waals surface area contributed by atoms with Crippen LogP contribution in [0, 0.1) is 0 Å². The fraction of sp³-hybridized carbons (Fsp3) is 0.333. The maximum atomic E-state index is 9.02. The van der Waals surface area contributed by atoms with Crippen molar-refractivity contribution in [1.82, 2.24) is 0 Å². The molecule has 0 amide bonds. The van der Waals surface area contributed by atoms with Crippen LogP contribution < -0.4 is 0 Å². The maximum Gasteiger partial charge on any atom is 0.0986 e. The van der Waals surface area contributed by atoms with E-state index in [2.05, 4.69) is 0 Å². The predicted octanol–water partition coefficient (Wildman–Crippen LogP) is 0.863. The van der Waals surface area contributed by atoms with E-state index >= 15 is 0 Å². The van der Waals surface area contributed by atoms with Gasteiger partial charge in [0.1, 0.15) is 0 Å². The van der Waals surface area contributed by atoms with Gasteiger partial charge < -0.3 is 5.11 Å².